The molecule has 9 nitrogen and oxygen atoms in total. The largest absolute Gasteiger partial charge is 0.324 e. The number of hydrogen-bond donors (Lipinski definition) is 1. The maximum absolute atomic E-state index is 12.7. The van der Waals surface area contributed by atoms with E-state index in [4.69, 9.17) is 5.26 Å². The highest BCUT2D eigenvalue weighted by Crippen LogP contribution is 2.21. The Morgan fingerprint density at radius 1 is 1.15 bits per heavy atom. The molecule has 0 radical (unpaired) electrons. The van der Waals surface area contributed by atoms with Crippen LogP contribution in [0.2, 0.25) is 0 Å². The fourth-order valence-electron chi connectivity index (χ4n) is 2.91. The summed E-state index contributed by atoms with van der Waals surface area (Å²) < 4.78 is 28.3. The van der Waals surface area contributed by atoms with Crippen LogP contribution in [0.25, 0.3) is 0 Å². The van der Waals surface area contributed by atoms with E-state index in [0.717, 1.165) is 25.7 Å². The van der Waals surface area contributed by atoms with Gasteiger partial charge in [0, 0.05) is 18.8 Å². The number of nitriles is 1. The molecule has 1 aromatic carbocycles. The maximum atomic E-state index is 12.7. The van der Waals surface area contributed by atoms with E-state index >= 15 is 0 Å². The molecule has 1 fully saturated rings. The van der Waals surface area contributed by atoms with Crippen LogP contribution in [-0.4, -0.2) is 46.5 Å². The highest BCUT2D eigenvalue weighted by atomic mass is 32.2. The Morgan fingerprint density at radius 2 is 1.81 bits per heavy atom. The number of carbonyl (C=O) groups is 1. The Labute approximate surface area is 157 Å². The Kier molecular flexibility index (Phi) is 5.83. The topological polar surface area (TPSA) is 121 Å². The lowest BCUT2D eigenvalue weighted by Gasteiger charge is -2.20. The average molecular weight is 388 g/mol. The standard InChI is InChI=1S/C17H20N6O3S/c18-11-16-19-13-22(21-16)12-17(24)20-14-5-7-15(8-6-14)27(25,26)23-9-3-1-2-4-10-23/h5-8,13H,1-4,9-10,12H2,(H,20,24). The molecule has 1 aromatic heterocycles. The zero-order valence-corrected chi connectivity index (χ0v) is 15.5. The maximum Gasteiger partial charge on any atom is 0.252 e. The van der Waals surface area contributed by atoms with Gasteiger partial charge in [0.25, 0.3) is 5.82 Å². The lowest BCUT2D eigenvalue weighted by molar-refractivity contribution is -0.116. The molecule has 0 saturated carbocycles. The molecule has 2 aromatic rings. The number of rotatable bonds is 5. The van der Waals surface area contributed by atoms with Gasteiger partial charge in [-0.3, -0.25) is 4.79 Å². The van der Waals surface area contributed by atoms with Gasteiger partial charge in [-0.1, -0.05) is 12.8 Å². The predicted molar refractivity (Wildman–Crippen MR) is 97.0 cm³/mol. The summed E-state index contributed by atoms with van der Waals surface area (Å²) in [6, 6.07) is 7.90. The molecule has 27 heavy (non-hydrogen) atoms. The molecule has 142 valence electrons. The fourth-order valence-corrected chi connectivity index (χ4v) is 4.43. The Bertz CT molecular complexity index is 938. The minimum absolute atomic E-state index is 0.00845. The van der Waals surface area contributed by atoms with Crippen molar-refractivity contribution in [3.8, 4) is 6.07 Å². The third kappa shape index (κ3) is 4.69. The lowest BCUT2D eigenvalue weighted by atomic mass is 10.2. The second-order valence-electron chi connectivity index (χ2n) is 6.27. The van der Waals surface area contributed by atoms with Gasteiger partial charge in [0.15, 0.2) is 0 Å². The molecule has 0 unspecified atom stereocenters. The van der Waals surface area contributed by atoms with Crippen molar-refractivity contribution in [3.63, 3.8) is 0 Å². The minimum Gasteiger partial charge on any atom is -0.324 e. The fraction of sp³-hybridized carbons (Fsp3) is 0.412. The van der Waals surface area contributed by atoms with E-state index in [1.165, 1.54) is 27.4 Å². The van der Waals surface area contributed by atoms with E-state index in [1.54, 1.807) is 18.2 Å². The highest BCUT2D eigenvalue weighted by molar-refractivity contribution is 7.89. The molecule has 0 atom stereocenters. The molecule has 1 saturated heterocycles. The second-order valence-corrected chi connectivity index (χ2v) is 8.21. The van der Waals surface area contributed by atoms with E-state index in [0.29, 0.717) is 18.8 Å². The normalized spacial score (nSPS) is 15.7. The van der Waals surface area contributed by atoms with Crippen LogP contribution in [-0.2, 0) is 21.4 Å². The first-order valence-corrected chi connectivity index (χ1v) is 10.1. The number of aromatic nitrogens is 3. The van der Waals surface area contributed by atoms with Gasteiger partial charge in [0.2, 0.25) is 15.9 Å². The Hall–Kier alpha value is -2.77. The van der Waals surface area contributed by atoms with Crippen LogP contribution in [0.15, 0.2) is 35.5 Å². The third-order valence-electron chi connectivity index (χ3n) is 4.28. The molecule has 0 spiro atoms. The van der Waals surface area contributed by atoms with E-state index < -0.39 is 10.0 Å². The third-order valence-corrected chi connectivity index (χ3v) is 6.20. The smallest absolute Gasteiger partial charge is 0.252 e. The molecular weight excluding hydrogens is 368 g/mol. The van der Waals surface area contributed by atoms with Crippen molar-refractivity contribution in [1.82, 2.24) is 19.1 Å². The van der Waals surface area contributed by atoms with Crippen molar-refractivity contribution < 1.29 is 13.2 Å². The summed E-state index contributed by atoms with van der Waals surface area (Å²) in [5.41, 5.74) is 0.482. The molecule has 3 rings (SSSR count). The zero-order valence-electron chi connectivity index (χ0n) is 14.7. The molecule has 2 heterocycles. The Morgan fingerprint density at radius 3 is 2.41 bits per heavy atom. The van der Waals surface area contributed by atoms with Crippen LogP contribution in [0.5, 0.6) is 0 Å². The summed E-state index contributed by atoms with van der Waals surface area (Å²) in [6.07, 6.45) is 5.17. The monoisotopic (exact) mass is 388 g/mol. The summed E-state index contributed by atoms with van der Waals surface area (Å²) in [6.45, 7) is 0.995. The first-order chi connectivity index (χ1) is 13.0. The number of nitrogens with one attached hydrogen (secondary N) is 1. The van der Waals surface area contributed by atoms with Gasteiger partial charge in [0.05, 0.1) is 4.90 Å². The number of carbonyl (C=O) groups excluding carboxylic acids is 1. The van der Waals surface area contributed by atoms with Crippen molar-refractivity contribution in [3.05, 3.63) is 36.4 Å². The molecule has 1 amide bonds. The quantitative estimate of drug-likeness (QED) is 0.825. The number of anilines is 1. The highest BCUT2D eigenvalue weighted by Gasteiger charge is 2.24. The SMILES string of the molecule is N#Cc1ncn(CC(=O)Nc2ccc(S(=O)(=O)N3CCCCCC3)cc2)n1. The van der Waals surface area contributed by atoms with Crippen LogP contribution in [0, 0.1) is 11.3 Å². The number of amides is 1. The molecule has 1 aliphatic heterocycles. The molecule has 0 bridgehead atoms. The summed E-state index contributed by atoms with van der Waals surface area (Å²) in [5.74, 6) is -0.363. The van der Waals surface area contributed by atoms with Crippen LogP contribution in [0.1, 0.15) is 31.5 Å². The van der Waals surface area contributed by atoms with Crippen LogP contribution in [0.4, 0.5) is 5.69 Å². The molecule has 1 N–H and O–H groups in total. The lowest BCUT2D eigenvalue weighted by Crippen LogP contribution is -2.31. The van der Waals surface area contributed by atoms with Crippen molar-refractivity contribution in [2.45, 2.75) is 37.1 Å². The molecular formula is C17H20N6O3S. The van der Waals surface area contributed by atoms with E-state index in [1.807, 2.05) is 0 Å². The van der Waals surface area contributed by atoms with Gasteiger partial charge in [0.1, 0.15) is 18.9 Å². The second kappa shape index (κ2) is 8.28. The number of nitrogens with zero attached hydrogens (tertiary/aromatic N) is 5. The van der Waals surface area contributed by atoms with E-state index in [9.17, 15) is 13.2 Å². The van der Waals surface area contributed by atoms with Gasteiger partial charge in [-0.15, -0.1) is 5.10 Å². The zero-order chi connectivity index (χ0) is 19.3. The average Bonchev–Trinajstić information content (AvgIpc) is 2.92. The van der Waals surface area contributed by atoms with Crippen LogP contribution >= 0.6 is 0 Å². The van der Waals surface area contributed by atoms with Crippen LogP contribution < -0.4 is 5.32 Å². The van der Waals surface area contributed by atoms with Crippen molar-refractivity contribution in [1.29, 1.82) is 5.26 Å². The van der Waals surface area contributed by atoms with Gasteiger partial charge in [-0.05, 0) is 37.1 Å². The number of benzene rings is 1. The first-order valence-electron chi connectivity index (χ1n) is 8.68. The van der Waals surface area contributed by atoms with Crippen molar-refractivity contribution in [2.24, 2.45) is 0 Å². The number of hydrogen-bond acceptors (Lipinski definition) is 6. The molecule has 0 aliphatic carbocycles. The molecule has 1 aliphatic rings. The van der Waals surface area contributed by atoms with E-state index in [-0.39, 0.29) is 23.2 Å². The summed E-state index contributed by atoms with van der Waals surface area (Å²) in [4.78, 5) is 16.0. The summed E-state index contributed by atoms with van der Waals surface area (Å²) >= 11 is 0. The van der Waals surface area contributed by atoms with Gasteiger partial charge < -0.3 is 5.32 Å². The predicted octanol–water partition coefficient (Wildman–Crippen LogP) is 1.35. The summed E-state index contributed by atoms with van der Waals surface area (Å²) in [5, 5.41) is 15.2. The molecule has 10 heteroatoms. The summed E-state index contributed by atoms with van der Waals surface area (Å²) in [7, 11) is -3.51. The number of sulfonamides is 1. The van der Waals surface area contributed by atoms with E-state index in [2.05, 4.69) is 15.4 Å². The van der Waals surface area contributed by atoms with Crippen LogP contribution in [0.3, 0.4) is 0 Å². The first kappa shape index (κ1) is 19.0. The van der Waals surface area contributed by atoms with Gasteiger partial charge in [-0.25, -0.2) is 18.1 Å². The minimum atomic E-state index is -3.51. The van der Waals surface area contributed by atoms with Crippen molar-refractivity contribution in [2.75, 3.05) is 18.4 Å². The van der Waals surface area contributed by atoms with Gasteiger partial charge >= 0.3 is 0 Å². The Balaban J connectivity index is 1.64. The van der Waals surface area contributed by atoms with Crippen molar-refractivity contribution >= 4 is 21.6 Å². The van der Waals surface area contributed by atoms with Gasteiger partial charge in [-0.2, -0.15) is 9.57 Å².